The lowest BCUT2D eigenvalue weighted by atomic mass is 9.89. The molecule has 3 N–H and O–H groups in total. The third kappa shape index (κ3) is 3.35. The molecular weight excluding hydrogens is 361 g/mol. The predicted molar refractivity (Wildman–Crippen MR) is 87.4 cm³/mol. The average Bonchev–Trinajstić information content (AvgIpc) is 2.44. The third-order valence-electron chi connectivity index (χ3n) is 3.22. The zero-order valence-corrected chi connectivity index (χ0v) is 13.7. The van der Waals surface area contributed by atoms with E-state index in [1.807, 2.05) is 24.3 Å². The summed E-state index contributed by atoms with van der Waals surface area (Å²) in [5, 5.41) is 11.6. The molecule has 0 aliphatic carbocycles. The Morgan fingerprint density at radius 1 is 1.10 bits per heavy atom. The fraction of sp³-hybridized carbons (Fsp3) is 0.200. The van der Waals surface area contributed by atoms with Crippen molar-refractivity contribution in [2.75, 3.05) is 6.54 Å². The van der Waals surface area contributed by atoms with Crippen molar-refractivity contribution in [3.05, 3.63) is 68.1 Å². The van der Waals surface area contributed by atoms with Gasteiger partial charge in [-0.3, -0.25) is 0 Å². The summed E-state index contributed by atoms with van der Waals surface area (Å²) in [5.74, 6) is -0.262. The second kappa shape index (κ2) is 6.92. The van der Waals surface area contributed by atoms with E-state index < -0.39 is 6.10 Å². The molecular formula is C15H14BrCl2NO. The van der Waals surface area contributed by atoms with E-state index in [4.69, 9.17) is 28.9 Å². The van der Waals surface area contributed by atoms with E-state index in [1.54, 1.807) is 18.2 Å². The SMILES string of the molecule is NCC(c1ccccc1Br)C(O)c1cc(Cl)ccc1Cl. The van der Waals surface area contributed by atoms with E-state index in [1.165, 1.54) is 0 Å². The Morgan fingerprint density at radius 2 is 1.80 bits per heavy atom. The van der Waals surface area contributed by atoms with Gasteiger partial charge in [0.25, 0.3) is 0 Å². The summed E-state index contributed by atoms with van der Waals surface area (Å²) >= 11 is 15.6. The molecule has 0 heterocycles. The Balaban J connectivity index is 2.41. The molecule has 0 fully saturated rings. The molecule has 2 aromatic rings. The molecule has 20 heavy (non-hydrogen) atoms. The van der Waals surface area contributed by atoms with Crippen LogP contribution in [0.25, 0.3) is 0 Å². The van der Waals surface area contributed by atoms with Gasteiger partial charge < -0.3 is 10.8 Å². The van der Waals surface area contributed by atoms with Gasteiger partial charge in [0.05, 0.1) is 6.10 Å². The summed E-state index contributed by atoms with van der Waals surface area (Å²) in [5.41, 5.74) is 7.37. The monoisotopic (exact) mass is 373 g/mol. The lowest BCUT2D eigenvalue weighted by Gasteiger charge is -2.24. The Hall–Kier alpha value is -0.580. The Kier molecular flexibility index (Phi) is 5.47. The van der Waals surface area contributed by atoms with E-state index in [2.05, 4.69) is 15.9 Å². The molecule has 0 spiro atoms. The van der Waals surface area contributed by atoms with Crippen molar-refractivity contribution < 1.29 is 5.11 Å². The van der Waals surface area contributed by atoms with Gasteiger partial charge in [0.15, 0.2) is 0 Å². The van der Waals surface area contributed by atoms with Gasteiger partial charge in [-0.1, -0.05) is 57.3 Å². The first kappa shape index (κ1) is 15.8. The third-order valence-corrected chi connectivity index (χ3v) is 4.52. The van der Waals surface area contributed by atoms with E-state index >= 15 is 0 Å². The summed E-state index contributed by atoms with van der Waals surface area (Å²) in [6.07, 6.45) is -0.815. The van der Waals surface area contributed by atoms with Crippen molar-refractivity contribution in [1.82, 2.24) is 0 Å². The number of hydrogen-bond acceptors (Lipinski definition) is 2. The first-order chi connectivity index (χ1) is 9.54. The van der Waals surface area contributed by atoms with Crippen molar-refractivity contribution in [3.8, 4) is 0 Å². The maximum absolute atomic E-state index is 10.6. The van der Waals surface area contributed by atoms with Crippen molar-refractivity contribution in [1.29, 1.82) is 0 Å². The van der Waals surface area contributed by atoms with Gasteiger partial charge in [0.1, 0.15) is 0 Å². The summed E-state index contributed by atoms with van der Waals surface area (Å²) in [4.78, 5) is 0. The molecule has 2 unspecified atom stereocenters. The van der Waals surface area contributed by atoms with Gasteiger partial charge in [0, 0.05) is 32.5 Å². The van der Waals surface area contributed by atoms with Gasteiger partial charge in [-0.15, -0.1) is 0 Å². The fourth-order valence-electron chi connectivity index (χ4n) is 2.16. The quantitative estimate of drug-likeness (QED) is 0.825. The Bertz CT molecular complexity index is 606. The molecule has 2 atom stereocenters. The second-order valence-corrected chi connectivity index (χ2v) is 6.17. The molecule has 0 saturated carbocycles. The van der Waals surface area contributed by atoms with Crippen LogP contribution in [-0.2, 0) is 0 Å². The van der Waals surface area contributed by atoms with Crippen molar-refractivity contribution in [3.63, 3.8) is 0 Å². The summed E-state index contributed by atoms with van der Waals surface area (Å²) in [6.45, 7) is 0.298. The maximum atomic E-state index is 10.6. The normalized spacial score (nSPS) is 14.1. The first-order valence-electron chi connectivity index (χ1n) is 6.12. The molecule has 0 aromatic heterocycles. The molecule has 5 heteroatoms. The number of benzene rings is 2. The Morgan fingerprint density at radius 3 is 2.45 bits per heavy atom. The van der Waals surface area contributed by atoms with Gasteiger partial charge in [-0.25, -0.2) is 0 Å². The molecule has 0 amide bonds. The molecule has 0 bridgehead atoms. The highest BCUT2D eigenvalue weighted by Gasteiger charge is 2.25. The topological polar surface area (TPSA) is 46.2 Å². The summed E-state index contributed by atoms with van der Waals surface area (Å²) in [7, 11) is 0. The molecule has 2 rings (SSSR count). The van der Waals surface area contributed by atoms with Gasteiger partial charge in [-0.2, -0.15) is 0 Å². The average molecular weight is 375 g/mol. The van der Waals surface area contributed by atoms with Crippen molar-refractivity contribution in [2.45, 2.75) is 12.0 Å². The number of nitrogens with two attached hydrogens (primary N) is 1. The van der Waals surface area contributed by atoms with Crippen LogP contribution in [0.4, 0.5) is 0 Å². The highest BCUT2D eigenvalue weighted by atomic mass is 79.9. The van der Waals surface area contributed by atoms with Crippen LogP contribution in [0.15, 0.2) is 46.9 Å². The van der Waals surface area contributed by atoms with Gasteiger partial charge in [-0.05, 0) is 29.8 Å². The van der Waals surface area contributed by atoms with Crippen molar-refractivity contribution in [2.24, 2.45) is 5.73 Å². The smallest absolute Gasteiger partial charge is 0.0885 e. The molecule has 0 radical (unpaired) electrons. The van der Waals surface area contributed by atoms with Crippen LogP contribution in [0.1, 0.15) is 23.1 Å². The lowest BCUT2D eigenvalue weighted by molar-refractivity contribution is 0.147. The molecule has 0 saturated heterocycles. The first-order valence-corrected chi connectivity index (χ1v) is 7.67. The van der Waals surface area contributed by atoms with Gasteiger partial charge >= 0.3 is 0 Å². The number of aliphatic hydroxyl groups is 1. The molecule has 106 valence electrons. The van der Waals surface area contributed by atoms with Crippen LogP contribution < -0.4 is 5.73 Å². The highest BCUT2D eigenvalue weighted by molar-refractivity contribution is 9.10. The van der Waals surface area contributed by atoms with Crippen LogP contribution in [-0.4, -0.2) is 11.7 Å². The van der Waals surface area contributed by atoms with Crippen molar-refractivity contribution >= 4 is 39.1 Å². The lowest BCUT2D eigenvalue weighted by Crippen LogP contribution is -2.20. The predicted octanol–water partition coefficient (Wildman–Crippen LogP) is 4.53. The minimum atomic E-state index is -0.815. The number of halogens is 3. The largest absolute Gasteiger partial charge is 0.388 e. The maximum Gasteiger partial charge on any atom is 0.0885 e. The van der Waals surface area contributed by atoms with Crippen LogP contribution in [0.3, 0.4) is 0 Å². The summed E-state index contributed by atoms with van der Waals surface area (Å²) in [6, 6.07) is 12.7. The number of aliphatic hydroxyl groups excluding tert-OH is 1. The minimum Gasteiger partial charge on any atom is -0.388 e. The number of rotatable bonds is 4. The molecule has 0 aliphatic heterocycles. The van der Waals surface area contributed by atoms with Crippen LogP contribution in [0, 0.1) is 0 Å². The Labute approximate surface area is 136 Å². The van der Waals surface area contributed by atoms with E-state index in [0.717, 1.165) is 10.0 Å². The second-order valence-electron chi connectivity index (χ2n) is 4.47. The van der Waals surface area contributed by atoms with E-state index in [-0.39, 0.29) is 5.92 Å². The molecule has 2 nitrogen and oxygen atoms in total. The fourth-order valence-corrected chi connectivity index (χ4v) is 3.15. The van der Waals surface area contributed by atoms with E-state index in [0.29, 0.717) is 22.2 Å². The number of hydrogen-bond donors (Lipinski definition) is 2. The summed E-state index contributed by atoms with van der Waals surface area (Å²) < 4.78 is 0.910. The van der Waals surface area contributed by atoms with E-state index in [9.17, 15) is 5.11 Å². The highest BCUT2D eigenvalue weighted by Crippen LogP contribution is 2.37. The van der Waals surface area contributed by atoms with Gasteiger partial charge in [0.2, 0.25) is 0 Å². The van der Waals surface area contributed by atoms with Crippen LogP contribution in [0.2, 0.25) is 10.0 Å². The molecule has 0 aliphatic rings. The zero-order chi connectivity index (χ0) is 14.7. The molecule has 2 aromatic carbocycles. The zero-order valence-electron chi connectivity index (χ0n) is 10.6. The standard InChI is InChI=1S/C15H14BrCl2NO/c16-13-4-2-1-3-10(13)12(8-19)15(20)11-7-9(17)5-6-14(11)18/h1-7,12,15,20H,8,19H2. The van der Waals surface area contributed by atoms with Crippen LogP contribution >= 0.6 is 39.1 Å². The minimum absolute atomic E-state index is 0.262. The van der Waals surface area contributed by atoms with Crippen LogP contribution in [0.5, 0.6) is 0 Å².